The van der Waals surface area contributed by atoms with Crippen molar-refractivity contribution in [3.8, 4) is 17.1 Å². The molecule has 0 saturated heterocycles. The highest BCUT2D eigenvalue weighted by atomic mass is 16.5. The Hall–Kier alpha value is -3.42. The van der Waals surface area contributed by atoms with Crippen LogP contribution in [0.15, 0.2) is 36.8 Å². The van der Waals surface area contributed by atoms with Crippen LogP contribution in [0.25, 0.3) is 27.8 Å². The second-order valence-corrected chi connectivity index (χ2v) is 5.11. The van der Waals surface area contributed by atoms with Crippen molar-refractivity contribution in [2.75, 3.05) is 25.1 Å². The van der Waals surface area contributed by atoms with Gasteiger partial charge in [0.05, 0.1) is 13.3 Å². The van der Waals surface area contributed by atoms with Gasteiger partial charge in [-0.2, -0.15) is 0 Å². The minimum Gasteiger partial charge on any atom is -0.495 e. The van der Waals surface area contributed by atoms with Crippen LogP contribution in [0.5, 0.6) is 5.75 Å². The number of rotatable bonds is 3. The second-order valence-electron chi connectivity index (χ2n) is 5.11. The van der Waals surface area contributed by atoms with Gasteiger partial charge in [0.25, 0.3) is 0 Å². The van der Waals surface area contributed by atoms with Crippen LogP contribution in [0.1, 0.15) is 4.11 Å². The number of hydrogen-bond donors (Lipinski definition) is 2. The van der Waals surface area contributed by atoms with Crippen LogP contribution in [0.3, 0.4) is 0 Å². The minimum absolute atomic E-state index is 0.187. The van der Waals surface area contributed by atoms with E-state index in [1.54, 1.807) is 36.0 Å². The Bertz CT molecular complexity index is 1160. The molecule has 0 aromatic carbocycles. The lowest BCUT2D eigenvalue weighted by Crippen LogP contribution is -1.98. The van der Waals surface area contributed by atoms with Crippen molar-refractivity contribution in [3.63, 3.8) is 0 Å². The van der Waals surface area contributed by atoms with Gasteiger partial charge in [-0.1, -0.05) is 0 Å². The summed E-state index contributed by atoms with van der Waals surface area (Å²) in [7, 11) is 1.57. The molecule has 4 aromatic heterocycles. The van der Waals surface area contributed by atoms with Gasteiger partial charge in [-0.05, 0) is 18.2 Å². The first-order valence-corrected chi connectivity index (χ1v) is 7.07. The van der Waals surface area contributed by atoms with Gasteiger partial charge in [0, 0.05) is 39.8 Å². The predicted molar refractivity (Wildman–Crippen MR) is 92.0 cm³/mol. The van der Waals surface area contributed by atoms with Crippen molar-refractivity contribution in [1.29, 1.82) is 0 Å². The molecular formula is C16H15N7O. The number of pyridine rings is 3. The van der Waals surface area contributed by atoms with E-state index in [4.69, 9.17) is 14.6 Å². The predicted octanol–water partition coefficient (Wildman–Crippen LogP) is 1.97. The zero-order valence-corrected chi connectivity index (χ0v) is 12.7. The third-order valence-corrected chi connectivity index (χ3v) is 3.69. The Morgan fingerprint density at radius 2 is 2.17 bits per heavy atom. The van der Waals surface area contributed by atoms with Gasteiger partial charge in [0.15, 0.2) is 11.5 Å². The van der Waals surface area contributed by atoms with E-state index >= 15 is 0 Å². The molecule has 8 heteroatoms. The Labute approximate surface area is 141 Å². The fraction of sp³-hybridized carbons (Fsp3) is 0.125. The number of ether oxygens (including phenoxy) is 1. The van der Waals surface area contributed by atoms with E-state index < -0.39 is 6.98 Å². The third kappa shape index (κ3) is 2.16. The van der Waals surface area contributed by atoms with Crippen LogP contribution in [-0.2, 0) is 0 Å². The molecular weight excluding hydrogens is 306 g/mol. The van der Waals surface area contributed by atoms with E-state index in [1.807, 2.05) is 0 Å². The lowest BCUT2D eigenvalue weighted by atomic mass is 10.1. The normalized spacial score (nSPS) is 13.5. The van der Waals surface area contributed by atoms with Crippen molar-refractivity contribution in [1.82, 2.24) is 24.6 Å². The van der Waals surface area contributed by atoms with Crippen molar-refractivity contribution >= 4 is 28.1 Å². The first kappa shape index (κ1) is 11.2. The number of nitrogens with two attached hydrogens (primary N) is 1. The van der Waals surface area contributed by atoms with Crippen LogP contribution in [0.2, 0.25) is 0 Å². The topological polar surface area (TPSA) is 103 Å². The van der Waals surface area contributed by atoms with E-state index in [2.05, 4.69) is 25.4 Å². The Kier molecular flexibility index (Phi) is 2.48. The summed E-state index contributed by atoms with van der Waals surface area (Å²) in [5.74, 6) is 1.55. The molecule has 0 aliphatic rings. The average molecular weight is 324 g/mol. The number of methoxy groups -OCH3 is 1. The largest absolute Gasteiger partial charge is 0.495 e. The zero-order chi connectivity index (χ0) is 19.2. The van der Waals surface area contributed by atoms with Gasteiger partial charge in [0.1, 0.15) is 17.4 Å². The van der Waals surface area contributed by atoms with Gasteiger partial charge in [-0.3, -0.25) is 0 Å². The summed E-state index contributed by atoms with van der Waals surface area (Å²) in [5.41, 5.74) is 7.07. The van der Waals surface area contributed by atoms with Crippen LogP contribution < -0.4 is 15.8 Å². The molecule has 3 N–H and O–H groups in total. The van der Waals surface area contributed by atoms with E-state index in [-0.39, 0.29) is 5.82 Å². The molecule has 0 aliphatic carbocycles. The maximum Gasteiger partial charge on any atom is 0.184 e. The Morgan fingerprint density at radius 1 is 1.25 bits per heavy atom. The summed E-state index contributed by atoms with van der Waals surface area (Å²) in [6, 6.07) is 5.21. The van der Waals surface area contributed by atoms with Crippen molar-refractivity contribution < 1.29 is 8.85 Å². The summed E-state index contributed by atoms with van der Waals surface area (Å²) in [5, 5.41) is 8.03. The zero-order valence-electron chi connectivity index (χ0n) is 15.7. The molecule has 4 heterocycles. The molecule has 0 saturated carbocycles. The summed E-state index contributed by atoms with van der Waals surface area (Å²) < 4.78 is 29.0. The first-order valence-electron chi connectivity index (χ1n) is 8.57. The standard InChI is InChI=1S/C16H15N7O/c1-18-15-11-6-19-13(17)5-10(11)12(7-20-15)16-21-14-4-3-9(24-2)8-23(14)22-16/h3-8H,1-2H3,(H2,17,19)(H,18,20)/i1D3. The van der Waals surface area contributed by atoms with Crippen molar-refractivity contribution in [2.45, 2.75) is 0 Å². The molecule has 120 valence electrons. The molecule has 0 bridgehead atoms. The second kappa shape index (κ2) is 5.34. The fourth-order valence-corrected chi connectivity index (χ4v) is 2.53. The van der Waals surface area contributed by atoms with Gasteiger partial charge in [-0.15, -0.1) is 5.10 Å². The number of nitrogen functional groups attached to an aromatic ring is 1. The molecule has 0 atom stereocenters. The van der Waals surface area contributed by atoms with E-state index in [9.17, 15) is 0 Å². The quantitative estimate of drug-likeness (QED) is 0.594. The number of nitrogens with one attached hydrogen (secondary N) is 1. The molecule has 8 nitrogen and oxygen atoms in total. The molecule has 4 aromatic rings. The van der Waals surface area contributed by atoms with Crippen molar-refractivity contribution in [3.05, 3.63) is 36.8 Å². The number of hydrogen-bond acceptors (Lipinski definition) is 7. The molecule has 24 heavy (non-hydrogen) atoms. The molecule has 0 amide bonds. The van der Waals surface area contributed by atoms with E-state index in [0.717, 1.165) is 0 Å². The van der Waals surface area contributed by atoms with Crippen LogP contribution in [0, 0.1) is 0 Å². The van der Waals surface area contributed by atoms with Crippen molar-refractivity contribution in [2.24, 2.45) is 0 Å². The van der Waals surface area contributed by atoms with Gasteiger partial charge >= 0.3 is 0 Å². The average Bonchev–Trinajstić information content (AvgIpc) is 3.03. The number of aromatic nitrogens is 5. The summed E-state index contributed by atoms with van der Waals surface area (Å²) in [6.07, 6.45) is 4.71. The maximum absolute atomic E-state index is 7.41. The smallest absolute Gasteiger partial charge is 0.184 e. The Balaban J connectivity index is 1.91. The third-order valence-electron chi connectivity index (χ3n) is 3.69. The maximum atomic E-state index is 7.41. The monoisotopic (exact) mass is 324 g/mol. The molecule has 0 spiro atoms. The molecule has 4 rings (SSSR count). The SMILES string of the molecule is [2H]C([2H])([2H])Nc1ncc(-c2nc3ccc(OC)cn3n2)c2cc(N)ncc12. The number of anilines is 2. The molecule has 0 fully saturated rings. The van der Waals surface area contributed by atoms with Gasteiger partial charge in [-0.25, -0.2) is 19.5 Å². The molecule has 0 radical (unpaired) electrons. The van der Waals surface area contributed by atoms with Crippen LogP contribution >= 0.6 is 0 Å². The first-order chi connectivity index (χ1) is 12.8. The van der Waals surface area contributed by atoms with E-state index in [1.165, 1.54) is 12.4 Å². The lowest BCUT2D eigenvalue weighted by Gasteiger charge is -2.08. The fourth-order valence-electron chi connectivity index (χ4n) is 2.53. The van der Waals surface area contributed by atoms with Crippen LogP contribution in [0.4, 0.5) is 11.6 Å². The summed E-state index contributed by atoms with van der Waals surface area (Å²) >= 11 is 0. The summed E-state index contributed by atoms with van der Waals surface area (Å²) in [6.45, 7) is -2.39. The van der Waals surface area contributed by atoms with E-state index in [0.29, 0.717) is 39.4 Å². The van der Waals surface area contributed by atoms with Crippen LogP contribution in [-0.4, -0.2) is 38.7 Å². The Morgan fingerprint density at radius 3 is 3.00 bits per heavy atom. The highest BCUT2D eigenvalue weighted by Gasteiger charge is 2.14. The number of nitrogens with zero attached hydrogens (tertiary/aromatic N) is 5. The lowest BCUT2D eigenvalue weighted by molar-refractivity contribution is 0.411. The highest BCUT2D eigenvalue weighted by Crippen LogP contribution is 2.30. The summed E-state index contributed by atoms with van der Waals surface area (Å²) in [4.78, 5) is 12.8. The van der Waals surface area contributed by atoms with Gasteiger partial charge < -0.3 is 15.8 Å². The number of fused-ring (bicyclic) bond motifs is 2. The molecule has 0 aliphatic heterocycles. The minimum atomic E-state index is -2.39. The molecule has 0 unspecified atom stereocenters. The highest BCUT2D eigenvalue weighted by molar-refractivity contribution is 6.01. The van der Waals surface area contributed by atoms with Gasteiger partial charge in [0.2, 0.25) is 0 Å².